The molecule has 0 aromatic rings. The van der Waals surface area contributed by atoms with Crippen LogP contribution >= 0.6 is 0 Å². The van der Waals surface area contributed by atoms with Gasteiger partial charge in [0.1, 0.15) is 0 Å². The minimum atomic E-state index is 0.273. The first-order valence-electron chi connectivity index (χ1n) is 2.13. The van der Waals surface area contributed by atoms with Gasteiger partial charge in [-0.05, 0) is 18.9 Å². The van der Waals surface area contributed by atoms with E-state index >= 15 is 0 Å². The van der Waals surface area contributed by atoms with Crippen LogP contribution in [-0.4, -0.2) is 6.54 Å². The van der Waals surface area contributed by atoms with Crippen LogP contribution in [0.5, 0.6) is 0 Å². The molecule has 1 nitrogen and oxygen atoms in total. The summed E-state index contributed by atoms with van der Waals surface area (Å²) < 4.78 is 0. The summed E-state index contributed by atoms with van der Waals surface area (Å²) in [5.74, 6) is 0.273. The van der Waals surface area contributed by atoms with E-state index in [0.717, 1.165) is 6.42 Å². The quantitative estimate of drug-likeness (QED) is 0.522. The lowest BCUT2D eigenvalue weighted by molar-refractivity contribution is 0.713. The van der Waals surface area contributed by atoms with Crippen LogP contribution in [0.4, 0.5) is 0 Å². The predicted molar refractivity (Wildman–Crippen MR) is 27.9 cm³/mol. The third-order valence-electron chi connectivity index (χ3n) is 0.575. The van der Waals surface area contributed by atoms with Gasteiger partial charge in [0.15, 0.2) is 0 Å². The number of hydrogen-bond donors (Lipinski definition) is 1. The maximum absolute atomic E-state index is 5.15. The fourth-order valence-corrected chi connectivity index (χ4v) is 0.236. The Balaban J connectivity index is 2.63. The van der Waals surface area contributed by atoms with E-state index in [1.807, 2.05) is 0 Å². The predicted octanol–water partition coefficient (Wildman–Crippen LogP) is 0.620. The van der Waals surface area contributed by atoms with Gasteiger partial charge in [0.25, 0.3) is 0 Å². The van der Waals surface area contributed by atoms with Crippen molar-refractivity contribution >= 4 is 0 Å². The van der Waals surface area contributed by atoms with Gasteiger partial charge in [-0.3, -0.25) is 0 Å². The Morgan fingerprint density at radius 2 is 2.00 bits per heavy atom. The van der Waals surface area contributed by atoms with Gasteiger partial charge in [0.2, 0.25) is 0 Å². The number of nitrogens with two attached hydrogens (primary N) is 1. The van der Waals surface area contributed by atoms with Crippen LogP contribution in [0, 0.1) is 19.8 Å². The van der Waals surface area contributed by atoms with E-state index in [2.05, 4.69) is 13.8 Å². The van der Waals surface area contributed by atoms with Crippen molar-refractivity contribution < 1.29 is 0 Å². The zero-order valence-electron chi connectivity index (χ0n) is 3.98. The van der Waals surface area contributed by atoms with Crippen molar-refractivity contribution in [3.63, 3.8) is 0 Å². The van der Waals surface area contributed by atoms with Gasteiger partial charge in [-0.25, -0.2) is 0 Å². The average Bonchev–Trinajstić information content (AvgIpc) is 1.35. The van der Waals surface area contributed by atoms with Crippen molar-refractivity contribution in [1.29, 1.82) is 0 Å². The molecule has 0 bridgehead atoms. The highest BCUT2D eigenvalue weighted by Gasteiger charge is 1.86. The lowest BCUT2D eigenvalue weighted by atomic mass is 10.1. The molecule has 0 unspecified atom stereocenters. The maximum Gasteiger partial charge on any atom is -0.00746 e. The van der Waals surface area contributed by atoms with E-state index < -0.39 is 0 Å². The minimum absolute atomic E-state index is 0.273. The topological polar surface area (TPSA) is 26.0 Å². The Bertz CT molecular complexity index is 25.1. The van der Waals surface area contributed by atoms with Gasteiger partial charge < -0.3 is 5.73 Å². The van der Waals surface area contributed by atoms with Crippen LogP contribution in [0.3, 0.4) is 0 Å². The molecule has 0 aliphatic heterocycles. The van der Waals surface area contributed by atoms with Crippen LogP contribution in [0.2, 0.25) is 0 Å². The fraction of sp³-hybridized carbons (Fsp3) is 0.600. The van der Waals surface area contributed by atoms with Crippen molar-refractivity contribution in [2.24, 2.45) is 11.7 Å². The molecule has 0 heterocycles. The molecular weight excluding hydrogens is 74.1 g/mol. The molecule has 0 saturated heterocycles. The second kappa shape index (κ2) is 3.16. The molecule has 2 N–H and O–H groups in total. The summed E-state index contributed by atoms with van der Waals surface area (Å²) in [7, 11) is 0. The SMILES string of the molecule is [CH2]C([CH2])CCN. The molecule has 0 spiro atoms. The molecule has 36 valence electrons. The van der Waals surface area contributed by atoms with Crippen molar-refractivity contribution in [2.45, 2.75) is 6.42 Å². The summed E-state index contributed by atoms with van der Waals surface area (Å²) in [6, 6.07) is 0. The molecule has 0 aliphatic carbocycles. The highest BCUT2D eigenvalue weighted by molar-refractivity contribution is 4.61. The molecule has 0 aliphatic rings. The van der Waals surface area contributed by atoms with Crippen LogP contribution < -0.4 is 5.73 Å². The Morgan fingerprint density at radius 1 is 1.50 bits per heavy atom. The maximum atomic E-state index is 5.15. The first-order valence-corrected chi connectivity index (χ1v) is 2.13. The van der Waals surface area contributed by atoms with Crippen LogP contribution in [0.1, 0.15) is 6.42 Å². The normalized spacial score (nSPS) is 10.0. The second-order valence-corrected chi connectivity index (χ2v) is 1.44. The lowest BCUT2D eigenvalue weighted by Crippen LogP contribution is -2.02. The van der Waals surface area contributed by atoms with Crippen LogP contribution in [0.25, 0.3) is 0 Å². The van der Waals surface area contributed by atoms with Crippen molar-refractivity contribution in [3.05, 3.63) is 13.8 Å². The zero-order chi connectivity index (χ0) is 4.99. The van der Waals surface area contributed by atoms with Gasteiger partial charge in [0, 0.05) is 0 Å². The summed E-state index contributed by atoms with van der Waals surface area (Å²) in [5.41, 5.74) is 5.15. The highest BCUT2D eigenvalue weighted by Crippen LogP contribution is 1.92. The monoisotopic (exact) mass is 85.1 g/mol. The van der Waals surface area contributed by atoms with Crippen molar-refractivity contribution in [1.82, 2.24) is 0 Å². The van der Waals surface area contributed by atoms with Crippen molar-refractivity contribution in [2.75, 3.05) is 6.54 Å². The number of rotatable bonds is 2. The molecule has 0 aromatic carbocycles. The summed E-state index contributed by atoms with van der Waals surface area (Å²) in [6.07, 6.45) is 0.931. The molecule has 0 aromatic heterocycles. The summed E-state index contributed by atoms with van der Waals surface area (Å²) in [5, 5.41) is 0. The van der Waals surface area contributed by atoms with Crippen LogP contribution in [0.15, 0.2) is 0 Å². The first kappa shape index (κ1) is 5.96. The van der Waals surface area contributed by atoms with Crippen molar-refractivity contribution in [3.8, 4) is 0 Å². The largest absolute Gasteiger partial charge is 0.330 e. The van der Waals surface area contributed by atoms with Gasteiger partial charge >= 0.3 is 0 Å². The molecule has 0 rings (SSSR count). The standard InChI is InChI=1S/C5H11N/c1-5(2)3-4-6/h5H,1-4,6H2. The average molecular weight is 85.2 g/mol. The molecule has 0 atom stereocenters. The third kappa shape index (κ3) is 3.96. The lowest BCUT2D eigenvalue weighted by Gasteiger charge is -1.95. The van der Waals surface area contributed by atoms with Gasteiger partial charge in [-0.15, -0.1) is 0 Å². The minimum Gasteiger partial charge on any atom is -0.330 e. The Kier molecular flexibility index (Phi) is 3.14. The molecule has 1 heteroatoms. The highest BCUT2D eigenvalue weighted by atomic mass is 14.5. The zero-order valence-corrected chi connectivity index (χ0v) is 3.98. The van der Waals surface area contributed by atoms with E-state index in [-0.39, 0.29) is 5.92 Å². The second-order valence-electron chi connectivity index (χ2n) is 1.44. The Hall–Kier alpha value is -0.0400. The summed E-state index contributed by atoms with van der Waals surface area (Å²) in [6.45, 7) is 7.98. The number of hydrogen-bond acceptors (Lipinski definition) is 1. The molecule has 6 heavy (non-hydrogen) atoms. The van der Waals surface area contributed by atoms with E-state index in [4.69, 9.17) is 5.73 Å². The fourth-order valence-electron chi connectivity index (χ4n) is 0.236. The Morgan fingerprint density at radius 3 is 2.00 bits per heavy atom. The van der Waals surface area contributed by atoms with E-state index in [9.17, 15) is 0 Å². The van der Waals surface area contributed by atoms with E-state index in [1.54, 1.807) is 0 Å². The Labute approximate surface area is 39.5 Å². The smallest absolute Gasteiger partial charge is 0.00746 e. The van der Waals surface area contributed by atoms with E-state index in [1.165, 1.54) is 0 Å². The van der Waals surface area contributed by atoms with E-state index in [0.29, 0.717) is 6.54 Å². The van der Waals surface area contributed by atoms with Crippen LogP contribution in [-0.2, 0) is 0 Å². The molecule has 0 amide bonds. The van der Waals surface area contributed by atoms with Gasteiger partial charge in [-0.2, -0.15) is 0 Å². The van der Waals surface area contributed by atoms with Gasteiger partial charge in [-0.1, -0.05) is 13.8 Å². The molecule has 0 saturated carbocycles. The summed E-state index contributed by atoms with van der Waals surface area (Å²) >= 11 is 0. The van der Waals surface area contributed by atoms with Gasteiger partial charge in [0.05, 0.1) is 0 Å². The summed E-state index contributed by atoms with van der Waals surface area (Å²) in [4.78, 5) is 0. The first-order chi connectivity index (χ1) is 2.77. The third-order valence-corrected chi connectivity index (χ3v) is 0.575. The molecule has 0 fully saturated rings. The molecular formula is C5H11N. The molecule has 2 radical (unpaired) electrons.